The van der Waals surface area contributed by atoms with Crippen LogP contribution in [0.15, 0.2) is 23.4 Å². The van der Waals surface area contributed by atoms with Crippen LogP contribution in [0.2, 0.25) is 5.02 Å². The molecule has 0 bridgehead atoms. The summed E-state index contributed by atoms with van der Waals surface area (Å²) in [6, 6.07) is 1.42. The number of nitrogens with zero attached hydrogens (tertiary/aromatic N) is 1. The molecule has 1 aromatic heterocycles. The molecular formula is C8H10ClNO2S. The van der Waals surface area contributed by atoms with Crippen molar-refractivity contribution in [3.8, 4) is 0 Å². The lowest BCUT2D eigenvalue weighted by atomic mass is 10.5. The van der Waals surface area contributed by atoms with Crippen molar-refractivity contribution in [2.45, 2.75) is 18.2 Å². The molecule has 0 fully saturated rings. The molecule has 0 aliphatic heterocycles. The van der Waals surface area contributed by atoms with Gasteiger partial charge in [-0.2, -0.15) is 0 Å². The van der Waals surface area contributed by atoms with Crippen molar-refractivity contribution in [2.75, 3.05) is 5.75 Å². The van der Waals surface area contributed by atoms with E-state index in [9.17, 15) is 8.42 Å². The number of hydrogen-bond acceptors (Lipinski definition) is 3. The fraction of sp³-hybridized carbons (Fsp3) is 0.375. The summed E-state index contributed by atoms with van der Waals surface area (Å²) in [7, 11) is -3.18. The van der Waals surface area contributed by atoms with Crippen LogP contribution in [0.1, 0.15) is 13.3 Å². The quantitative estimate of drug-likeness (QED) is 0.781. The minimum atomic E-state index is -3.18. The average molecular weight is 220 g/mol. The van der Waals surface area contributed by atoms with E-state index in [1.807, 2.05) is 6.92 Å². The van der Waals surface area contributed by atoms with Gasteiger partial charge in [-0.15, -0.1) is 0 Å². The third-order valence-electron chi connectivity index (χ3n) is 1.51. The van der Waals surface area contributed by atoms with E-state index in [1.54, 1.807) is 0 Å². The highest BCUT2D eigenvalue weighted by Gasteiger charge is 2.13. The number of halogens is 1. The van der Waals surface area contributed by atoms with Gasteiger partial charge in [0.25, 0.3) is 0 Å². The van der Waals surface area contributed by atoms with E-state index in [2.05, 4.69) is 4.98 Å². The summed E-state index contributed by atoms with van der Waals surface area (Å²) < 4.78 is 23.0. The summed E-state index contributed by atoms with van der Waals surface area (Å²) in [5.74, 6) is 0.134. The van der Waals surface area contributed by atoms with Crippen LogP contribution in [0.4, 0.5) is 0 Å². The molecule has 0 aromatic carbocycles. The molecule has 72 valence electrons. The Hall–Kier alpha value is -0.610. The van der Waals surface area contributed by atoms with Crippen molar-refractivity contribution in [2.24, 2.45) is 0 Å². The Morgan fingerprint density at radius 3 is 2.69 bits per heavy atom. The third-order valence-corrected chi connectivity index (χ3v) is 3.61. The molecule has 1 rings (SSSR count). The summed E-state index contributed by atoms with van der Waals surface area (Å²) in [5, 5.41) is 0.345. The van der Waals surface area contributed by atoms with E-state index < -0.39 is 9.84 Å². The van der Waals surface area contributed by atoms with Crippen LogP contribution in [0.5, 0.6) is 0 Å². The Morgan fingerprint density at radius 2 is 2.15 bits per heavy atom. The van der Waals surface area contributed by atoms with Gasteiger partial charge in [0.2, 0.25) is 0 Å². The van der Waals surface area contributed by atoms with E-state index in [-0.39, 0.29) is 10.6 Å². The van der Waals surface area contributed by atoms with E-state index in [1.165, 1.54) is 18.5 Å². The second-order valence-corrected chi connectivity index (χ2v) is 5.20. The zero-order valence-electron chi connectivity index (χ0n) is 7.20. The van der Waals surface area contributed by atoms with Gasteiger partial charge in [-0.3, -0.25) is 4.98 Å². The van der Waals surface area contributed by atoms with Gasteiger partial charge in [0.15, 0.2) is 9.84 Å². The number of hydrogen-bond donors (Lipinski definition) is 0. The van der Waals surface area contributed by atoms with Gasteiger partial charge in [-0.05, 0) is 12.5 Å². The van der Waals surface area contributed by atoms with Crippen molar-refractivity contribution in [3.05, 3.63) is 23.5 Å². The van der Waals surface area contributed by atoms with Gasteiger partial charge in [0.05, 0.1) is 15.7 Å². The minimum Gasteiger partial charge on any atom is -0.262 e. The van der Waals surface area contributed by atoms with Crippen molar-refractivity contribution in [3.63, 3.8) is 0 Å². The molecule has 0 atom stereocenters. The molecule has 0 unspecified atom stereocenters. The lowest BCUT2D eigenvalue weighted by Gasteiger charge is -2.01. The summed E-state index contributed by atoms with van der Waals surface area (Å²) in [4.78, 5) is 3.92. The smallest absolute Gasteiger partial charge is 0.179 e. The van der Waals surface area contributed by atoms with Crippen molar-refractivity contribution < 1.29 is 8.42 Å². The molecule has 1 heterocycles. The first-order chi connectivity index (χ1) is 6.06. The Kier molecular flexibility index (Phi) is 3.27. The van der Waals surface area contributed by atoms with Gasteiger partial charge in [-0.1, -0.05) is 18.5 Å². The topological polar surface area (TPSA) is 47.0 Å². The van der Waals surface area contributed by atoms with Crippen molar-refractivity contribution >= 4 is 21.4 Å². The molecule has 5 heteroatoms. The molecule has 0 aliphatic rings. The van der Waals surface area contributed by atoms with Crippen LogP contribution in [0.25, 0.3) is 0 Å². The highest BCUT2D eigenvalue weighted by atomic mass is 35.5. The molecule has 0 spiro atoms. The summed E-state index contributed by atoms with van der Waals surface area (Å²) in [6.45, 7) is 1.82. The van der Waals surface area contributed by atoms with Gasteiger partial charge in [0.1, 0.15) is 0 Å². The Morgan fingerprint density at radius 1 is 1.46 bits per heavy atom. The van der Waals surface area contributed by atoms with Crippen molar-refractivity contribution in [1.82, 2.24) is 4.98 Å². The maximum Gasteiger partial charge on any atom is 0.179 e. The fourth-order valence-corrected chi connectivity index (χ4v) is 2.49. The van der Waals surface area contributed by atoms with Crippen LogP contribution in [-0.2, 0) is 9.84 Å². The monoisotopic (exact) mass is 219 g/mol. The van der Waals surface area contributed by atoms with Gasteiger partial charge in [0, 0.05) is 12.4 Å². The SMILES string of the molecule is CCCS(=O)(=O)c1cncc(Cl)c1. The molecule has 0 saturated heterocycles. The Bertz CT molecular complexity index is 389. The summed E-state index contributed by atoms with van der Waals surface area (Å²) in [5.41, 5.74) is 0. The highest BCUT2D eigenvalue weighted by Crippen LogP contribution is 2.15. The number of pyridine rings is 1. The molecular weight excluding hydrogens is 210 g/mol. The lowest BCUT2D eigenvalue weighted by Crippen LogP contribution is -2.05. The maximum atomic E-state index is 11.5. The van der Waals surface area contributed by atoms with Gasteiger partial charge < -0.3 is 0 Å². The fourth-order valence-electron chi connectivity index (χ4n) is 0.949. The van der Waals surface area contributed by atoms with Crippen LogP contribution in [0.3, 0.4) is 0 Å². The predicted molar refractivity (Wildman–Crippen MR) is 51.6 cm³/mol. The molecule has 0 aliphatic carbocycles. The van der Waals surface area contributed by atoms with E-state index >= 15 is 0 Å². The zero-order chi connectivity index (χ0) is 9.90. The zero-order valence-corrected chi connectivity index (χ0v) is 8.77. The second-order valence-electron chi connectivity index (χ2n) is 2.66. The normalized spacial score (nSPS) is 11.5. The largest absolute Gasteiger partial charge is 0.262 e. The Labute approximate surface area is 82.7 Å². The second kappa shape index (κ2) is 4.07. The summed E-state index contributed by atoms with van der Waals surface area (Å²) >= 11 is 5.62. The minimum absolute atomic E-state index is 0.134. The van der Waals surface area contributed by atoms with Gasteiger partial charge in [-0.25, -0.2) is 8.42 Å². The van der Waals surface area contributed by atoms with Crippen LogP contribution in [-0.4, -0.2) is 19.2 Å². The molecule has 0 amide bonds. The van der Waals surface area contributed by atoms with Crippen molar-refractivity contribution in [1.29, 1.82) is 0 Å². The Balaban J connectivity index is 3.08. The van der Waals surface area contributed by atoms with Gasteiger partial charge >= 0.3 is 0 Å². The molecule has 13 heavy (non-hydrogen) atoms. The first-order valence-corrected chi connectivity index (χ1v) is 5.92. The molecule has 3 nitrogen and oxygen atoms in total. The maximum absolute atomic E-state index is 11.5. The standard InChI is InChI=1S/C8H10ClNO2S/c1-2-3-13(11,12)8-4-7(9)5-10-6-8/h4-6H,2-3H2,1H3. The predicted octanol–water partition coefficient (Wildman–Crippen LogP) is 1.92. The first-order valence-electron chi connectivity index (χ1n) is 3.89. The molecule has 0 radical (unpaired) electrons. The van der Waals surface area contributed by atoms with E-state index in [0.29, 0.717) is 11.4 Å². The number of sulfone groups is 1. The number of rotatable bonds is 3. The molecule has 0 N–H and O–H groups in total. The van der Waals surface area contributed by atoms with E-state index in [4.69, 9.17) is 11.6 Å². The summed E-state index contributed by atoms with van der Waals surface area (Å²) in [6.07, 6.45) is 3.32. The molecule has 1 aromatic rings. The van der Waals surface area contributed by atoms with Crippen LogP contribution >= 0.6 is 11.6 Å². The van der Waals surface area contributed by atoms with Crippen LogP contribution in [0, 0.1) is 0 Å². The van der Waals surface area contributed by atoms with E-state index in [0.717, 1.165) is 0 Å². The highest BCUT2D eigenvalue weighted by molar-refractivity contribution is 7.91. The lowest BCUT2D eigenvalue weighted by molar-refractivity contribution is 0.594. The number of aromatic nitrogens is 1. The molecule has 0 saturated carbocycles. The van der Waals surface area contributed by atoms with Crippen LogP contribution < -0.4 is 0 Å². The average Bonchev–Trinajstić information content (AvgIpc) is 2.04. The third kappa shape index (κ3) is 2.67. The first kappa shape index (κ1) is 10.5.